The van der Waals surface area contributed by atoms with Gasteiger partial charge >= 0.3 is 5.69 Å². The minimum Gasteiger partial charge on any atom is -0.394 e. The second-order valence-corrected chi connectivity index (χ2v) is 4.50. The Morgan fingerprint density at radius 1 is 1.63 bits per heavy atom. The van der Waals surface area contributed by atoms with Crippen molar-refractivity contribution in [2.45, 2.75) is 19.1 Å². The maximum absolute atomic E-state index is 13.6. The Labute approximate surface area is 109 Å². The lowest BCUT2D eigenvalue weighted by Crippen LogP contribution is -2.49. The van der Waals surface area contributed by atoms with Crippen LogP contribution in [0.4, 0.5) is 15.8 Å². The molecule has 2 rings (SSSR count). The first-order valence-corrected chi connectivity index (χ1v) is 5.96. The molecule has 7 heteroatoms. The van der Waals surface area contributed by atoms with Crippen molar-refractivity contribution in [3.63, 3.8) is 0 Å². The maximum atomic E-state index is 13.6. The van der Waals surface area contributed by atoms with Crippen molar-refractivity contribution >= 4 is 11.4 Å². The number of para-hydroxylation sites is 1. The molecule has 0 radical (unpaired) electrons. The molecule has 104 valence electrons. The van der Waals surface area contributed by atoms with Crippen LogP contribution < -0.4 is 4.90 Å². The van der Waals surface area contributed by atoms with Gasteiger partial charge in [0.1, 0.15) is 5.69 Å². The highest BCUT2D eigenvalue weighted by Crippen LogP contribution is 2.33. The summed E-state index contributed by atoms with van der Waals surface area (Å²) >= 11 is 0. The SMILES string of the molecule is CC1COC(CO)CN1c1cccc(F)c1[N+](=O)[O-]. The molecular formula is C12H15FN2O4. The van der Waals surface area contributed by atoms with Gasteiger partial charge in [-0.3, -0.25) is 10.1 Å². The van der Waals surface area contributed by atoms with Crippen molar-refractivity contribution in [1.82, 2.24) is 0 Å². The fourth-order valence-electron chi connectivity index (χ4n) is 2.18. The van der Waals surface area contributed by atoms with Crippen LogP contribution in [-0.4, -0.2) is 41.9 Å². The van der Waals surface area contributed by atoms with E-state index in [1.807, 2.05) is 6.92 Å². The number of rotatable bonds is 3. The molecule has 0 spiro atoms. The van der Waals surface area contributed by atoms with Gasteiger partial charge in [0, 0.05) is 12.6 Å². The molecule has 1 N–H and O–H groups in total. The zero-order valence-corrected chi connectivity index (χ0v) is 10.5. The third kappa shape index (κ3) is 2.66. The number of nitrogens with zero attached hydrogens (tertiary/aromatic N) is 2. The van der Waals surface area contributed by atoms with E-state index in [1.165, 1.54) is 12.1 Å². The van der Waals surface area contributed by atoms with Gasteiger partial charge in [-0.1, -0.05) is 6.07 Å². The van der Waals surface area contributed by atoms with Crippen LogP contribution in [-0.2, 0) is 4.74 Å². The van der Waals surface area contributed by atoms with E-state index in [2.05, 4.69) is 0 Å². The van der Waals surface area contributed by atoms with Gasteiger partial charge < -0.3 is 14.7 Å². The van der Waals surface area contributed by atoms with Gasteiger partial charge in [-0.15, -0.1) is 0 Å². The molecule has 2 atom stereocenters. The minimum atomic E-state index is -0.859. The third-order valence-corrected chi connectivity index (χ3v) is 3.17. The highest BCUT2D eigenvalue weighted by atomic mass is 19.1. The van der Waals surface area contributed by atoms with E-state index in [0.717, 1.165) is 6.07 Å². The highest BCUT2D eigenvalue weighted by molar-refractivity contribution is 5.64. The summed E-state index contributed by atoms with van der Waals surface area (Å²) in [6, 6.07) is 3.89. The number of aliphatic hydroxyl groups excluding tert-OH is 1. The average molecular weight is 270 g/mol. The molecule has 19 heavy (non-hydrogen) atoms. The van der Waals surface area contributed by atoms with Crippen molar-refractivity contribution in [1.29, 1.82) is 0 Å². The Hall–Kier alpha value is -1.73. The van der Waals surface area contributed by atoms with Gasteiger partial charge in [0.25, 0.3) is 0 Å². The smallest absolute Gasteiger partial charge is 0.327 e. The van der Waals surface area contributed by atoms with Gasteiger partial charge in [-0.05, 0) is 19.1 Å². The number of nitro benzene ring substituents is 1. The zero-order valence-electron chi connectivity index (χ0n) is 10.5. The van der Waals surface area contributed by atoms with Gasteiger partial charge in [0.2, 0.25) is 5.82 Å². The van der Waals surface area contributed by atoms with Crippen LogP contribution in [0.15, 0.2) is 18.2 Å². The Balaban J connectivity index is 2.39. The second kappa shape index (κ2) is 5.50. The van der Waals surface area contributed by atoms with Crippen LogP contribution >= 0.6 is 0 Å². The summed E-state index contributed by atoms with van der Waals surface area (Å²) in [6.07, 6.45) is -0.418. The van der Waals surface area contributed by atoms with Gasteiger partial charge in [-0.2, -0.15) is 4.39 Å². The molecule has 0 amide bonds. The molecule has 2 unspecified atom stereocenters. The minimum absolute atomic E-state index is 0.122. The predicted molar refractivity (Wildman–Crippen MR) is 66.7 cm³/mol. The van der Waals surface area contributed by atoms with E-state index in [9.17, 15) is 14.5 Å². The first-order valence-electron chi connectivity index (χ1n) is 5.96. The van der Waals surface area contributed by atoms with Crippen LogP contribution in [0.5, 0.6) is 0 Å². The zero-order chi connectivity index (χ0) is 14.0. The summed E-state index contributed by atoms with van der Waals surface area (Å²) in [5.41, 5.74) is -0.313. The molecule has 1 heterocycles. The summed E-state index contributed by atoms with van der Waals surface area (Å²) in [4.78, 5) is 12.0. The number of anilines is 1. The number of hydrogen-bond donors (Lipinski definition) is 1. The molecule has 1 saturated heterocycles. The molecule has 0 saturated carbocycles. The molecule has 1 aliphatic heterocycles. The van der Waals surface area contributed by atoms with Crippen molar-refractivity contribution in [3.05, 3.63) is 34.1 Å². The summed E-state index contributed by atoms with van der Waals surface area (Å²) in [5.74, 6) is -0.859. The van der Waals surface area contributed by atoms with Crippen molar-refractivity contribution in [2.75, 3.05) is 24.7 Å². The number of hydrogen-bond acceptors (Lipinski definition) is 5. The topological polar surface area (TPSA) is 75.8 Å². The number of benzene rings is 1. The van der Waals surface area contributed by atoms with Gasteiger partial charge in [0.05, 0.1) is 24.2 Å². The summed E-state index contributed by atoms with van der Waals surface area (Å²) in [5, 5.41) is 20.1. The van der Waals surface area contributed by atoms with Crippen LogP contribution in [0.25, 0.3) is 0 Å². The molecule has 1 aromatic carbocycles. The Bertz CT molecular complexity index is 483. The second-order valence-electron chi connectivity index (χ2n) is 4.50. The van der Waals surface area contributed by atoms with Crippen LogP contribution in [0.1, 0.15) is 6.92 Å². The van der Waals surface area contributed by atoms with E-state index in [-0.39, 0.29) is 18.3 Å². The Morgan fingerprint density at radius 3 is 3.00 bits per heavy atom. The maximum Gasteiger partial charge on any atom is 0.327 e. The van der Waals surface area contributed by atoms with E-state index < -0.39 is 22.5 Å². The lowest BCUT2D eigenvalue weighted by Gasteiger charge is -2.38. The molecule has 0 aliphatic carbocycles. The first-order chi connectivity index (χ1) is 9.04. The van der Waals surface area contributed by atoms with Crippen molar-refractivity contribution < 1.29 is 19.2 Å². The first kappa shape index (κ1) is 13.7. The largest absolute Gasteiger partial charge is 0.394 e. The quantitative estimate of drug-likeness (QED) is 0.662. The standard InChI is InChI=1S/C12H15FN2O4/c1-8-7-19-9(6-16)5-14(8)11-4-2-3-10(13)12(11)15(17)18/h2-4,8-9,16H,5-7H2,1H3. The fourth-order valence-corrected chi connectivity index (χ4v) is 2.18. The van der Waals surface area contributed by atoms with E-state index in [1.54, 1.807) is 4.90 Å². The monoisotopic (exact) mass is 270 g/mol. The lowest BCUT2D eigenvalue weighted by atomic mass is 10.1. The number of ether oxygens (including phenoxy) is 1. The van der Waals surface area contributed by atoms with E-state index in [4.69, 9.17) is 9.84 Å². The Kier molecular flexibility index (Phi) is 3.96. The number of aliphatic hydroxyl groups is 1. The molecule has 1 aliphatic rings. The normalized spacial score (nSPS) is 23.4. The van der Waals surface area contributed by atoms with Crippen LogP contribution in [0.2, 0.25) is 0 Å². The Morgan fingerprint density at radius 2 is 2.37 bits per heavy atom. The average Bonchev–Trinajstić information content (AvgIpc) is 2.38. The summed E-state index contributed by atoms with van der Waals surface area (Å²) in [6.45, 7) is 2.29. The molecular weight excluding hydrogens is 255 g/mol. The van der Waals surface area contributed by atoms with Crippen LogP contribution in [0, 0.1) is 15.9 Å². The predicted octanol–water partition coefficient (Wildman–Crippen LogP) is 1.32. The molecule has 0 bridgehead atoms. The summed E-state index contributed by atoms with van der Waals surface area (Å²) < 4.78 is 19.0. The number of morpholine rings is 1. The highest BCUT2D eigenvalue weighted by Gasteiger charge is 2.31. The van der Waals surface area contributed by atoms with Gasteiger partial charge in [-0.25, -0.2) is 0 Å². The third-order valence-electron chi connectivity index (χ3n) is 3.17. The lowest BCUT2D eigenvalue weighted by molar-refractivity contribution is -0.386. The molecule has 1 aromatic rings. The van der Waals surface area contributed by atoms with E-state index >= 15 is 0 Å². The molecule has 1 fully saturated rings. The van der Waals surface area contributed by atoms with E-state index in [0.29, 0.717) is 13.2 Å². The molecule has 6 nitrogen and oxygen atoms in total. The van der Waals surface area contributed by atoms with Crippen molar-refractivity contribution in [3.8, 4) is 0 Å². The number of nitro groups is 1. The summed E-state index contributed by atoms with van der Waals surface area (Å²) in [7, 11) is 0. The van der Waals surface area contributed by atoms with Crippen LogP contribution in [0.3, 0.4) is 0 Å². The molecule has 0 aromatic heterocycles. The fraction of sp³-hybridized carbons (Fsp3) is 0.500. The van der Waals surface area contributed by atoms with Crippen molar-refractivity contribution in [2.24, 2.45) is 0 Å². The van der Waals surface area contributed by atoms with Gasteiger partial charge in [0.15, 0.2) is 0 Å². The number of halogens is 1.